The van der Waals surface area contributed by atoms with Crippen LogP contribution in [0.25, 0.3) is 0 Å². The van der Waals surface area contributed by atoms with Crippen molar-refractivity contribution in [3.05, 3.63) is 65.5 Å². The highest BCUT2D eigenvalue weighted by Gasteiger charge is 2.12. The molecule has 0 amide bonds. The summed E-state index contributed by atoms with van der Waals surface area (Å²) >= 11 is 0. The minimum Gasteiger partial charge on any atom is -0.186 e. The highest BCUT2D eigenvalue weighted by Crippen LogP contribution is 2.03. The SMILES string of the molecule is C#Cc1ccc[n+](Cc2ccccc2)c1C#CCC. The predicted octanol–water partition coefficient (Wildman–Crippen LogP) is 2.77. The molecule has 2 aromatic rings. The standard InChI is InChI=1S/C18H16N/c1-3-5-13-18-17(4-2)12-9-14-19(18)15-16-10-7-6-8-11-16/h2,6-12,14H,3,15H2,1H3/q+1. The van der Waals surface area contributed by atoms with Gasteiger partial charge in [-0.1, -0.05) is 49.1 Å². The van der Waals surface area contributed by atoms with Crippen LogP contribution in [-0.4, -0.2) is 0 Å². The van der Waals surface area contributed by atoms with Gasteiger partial charge in [0.05, 0.1) is 0 Å². The van der Waals surface area contributed by atoms with E-state index in [1.165, 1.54) is 5.56 Å². The average Bonchev–Trinajstić information content (AvgIpc) is 2.46. The fourth-order valence-corrected chi connectivity index (χ4v) is 1.89. The third-order valence-electron chi connectivity index (χ3n) is 2.81. The second kappa shape index (κ2) is 6.43. The maximum absolute atomic E-state index is 5.55. The van der Waals surface area contributed by atoms with E-state index in [-0.39, 0.29) is 0 Å². The molecule has 0 aliphatic heterocycles. The molecule has 1 heteroatoms. The molecular formula is C18H16N+. The Morgan fingerprint density at radius 2 is 1.89 bits per heavy atom. The van der Waals surface area contributed by atoms with Gasteiger partial charge in [0.25, 0.3) is 5.69 Å². The third kappa shape index (κ3) is 3.24. The second-order valence-corrected chi connectivity index (χ2v) is 4.18. The number of terminal acetylenes is 1. The van der Waals surface area contributed by atoms with Crippen LogP contribution in [-0.2, 0) is 6.54 Å². The van der Waals surface area contributed by atoms with Crippen molar-refractivity contribution in [3.63, 3.8) is 0 Å². The van der Waals surface area contributed by atoms with Crippen LogP contribution in [0.5, 0.6) is 0 Å². The number of benzene rings is 1. The summed E-state index contributed by atoms with van der Waals surface area (Å²) in [4.78, 5) is 0. The number of pyridine rings is 1. The highest BCUT2D eigenvalue weighted by atomic mass is 14.9. The molecule has 0 N–H and O–H groups in total. The van der Waals surface area contributed by atoms with E-state index in [0.29, 0.717) is 0 Å². The van der Waals surface area contributed by atoms with Crippen LogP contribution in [0, 0.1) is 24.2 Å². The summed E-state index contributed by atoms with van der Waals surface area (Å²) in [5.41, 5.74) is 3.00. The molecule has 1 nitrogen and oxygen atoms in total. The van der Waals surface area contributed by atoms with Gasteiger partial charge in [-0.05, 0) is 6.07 Å². The van der Waals surface area contributed by atoms with Crippen molar-refractivity contribution < 1.29 is 4.57 Å². The highest BCUT2D eigenvalue weighted by molar-refractivity contribution is 5.42. The Bertz CT molecular complexity index is 652. The minimum atomic E-state index is 0.782. The predicted molar refractivity (Wildman–Crippen MR) is 77.3 cm³/mol. The molecule has 1 heterocycles. The van der Waals surface area contributed by atoms with Crippen LogP contribution in [0.1, 0.15) is 30.2 Å². The topological polar surface area (TPSA) is 3.88 Å². The summed E-state index contributed by atoms with van der Waals surface area (Å²) in [6, 6.07) is 14.2. The number of rotatable bonds is 2. The largest absolute Gasteiger partial charge is 0.272 e. The second-order valence-electron chi connectivity index (χ2n) is 4.18. The van der Waals surface area contributed by atoms with Crippen LogP contribution in [0.2, 0.25) is 0 Å². The summed E-state index contributed by atoms with van der Waals surface area (Å²) in [5.74, 6) is 8.98. The first-order valence-corrected chi connectivity index (χ1v) is 6.37. The van der Waals surface area contributed by atoms with Gasteiger partial charge in [0.15, 0.2) is 12.7 Å². The summed E-state index contributed by atoms with van der Waals surface area (Å²) < 4.78 is 2.10. The van der Waals surface area contributed by atoms with Gasteiger partial charge < -0.3 is 0 Å². The quantitative estimate of drug-likeness (QED) is 0.566. The number of nitrogens with zero attached hydrogens (tertiary/aromatic N) is 1. The first-order valence-electron chi connectivity index (χ1n) is 6.37. The maximum atomic E-state index is 5.55. The van der Waals surface area contributed by atoms with Crippen LogP contribution in [0.3, 0.4) is 0 Å². The van der Waals surface area contributed by atoms with Gasteiger partial charge in [-0.2, -0.15) is 4.57 Å². The van der Waals surface area contributed by atoms with Gasteiger partial charge in [-0.25, -0.2) is 0 Å². The fraction of sp³-hybridized carbons (Fsp3) is 0.167. The van der Waals surface area contributed by atoms with E-state index in [4.69, 9.17) is 6.42 Å². The average molecular weight is 246 g/mol. The molecule has 0 unspecified atom stereocenters. The molecule has 0 radical (unpaired) electrons. The van der Waals surface area contributed by atoms with Gasteiger partial charge >= 0.3 is 0 Å². The Morgan fingerprint density at radius 3 is 2.58 bits per heavy atom. The lowest BCUT2D eigenvalue weighted by molar-refractivity contribution is -0.690. The Labute approximate surface area is 114 Å². The van der Waals surface area contributed by atoms with Gasteiger partial charge in [0.2, 0.25) is 0 Å². The molecule has 1 aromatic heterocycles. The zero-order valence-electron chi connectivity index (χ0n) is 11.1. The Balaban J connectivity index is 2.43. The lowest BCUT2D eigenvalue weighted by Crippen LogP contribution is -2.38. The van der Waals surface area contributed by atoms with Gasteiger partial charge in [-0.15, -0.1) is 6.42 Å². The van der Waals surface area contributed by atoms with Gasteiger partial charge in [0, 0.05) is 24.0 Å². The molecular weight excluding hydrogens is 230 g/mol. The van der Waals surface area contributed by atoms with E-state index >= 15 is 0 Å². The van der Waals surface area contributed by atoms with E-state index in [0.717, 1.165) is 24.2 Å². The molecule has 19 heavy (non-hydrogen) atoms. The smallest absolute Gasteiger partial charge is 0.186 e. The molecule has 0 saturated heterocycles. The lowest BCUT2D eigenvalue weighted by Gasteiger charge is -2.01. The van der Waals surface area contributed by atoms with Crippen LogP contribution < -0.4 is 4.57 Å². The Kier molecular flexibility index (Phi) is 4.38. The normalized spacial score (nSPS) is 9.26. The minimum absolute atomic E-state index is 0.782. The lowest BCUT2D eigenvalue weighted by atomic mass is 10.1. The molecule has 92 valence electrons. The molecule has 0 aliphatic carbocycles. The van der Waals surface area contributed by atoms with Crippen molar-refractivity contribution in [1.82, 2.24) is 0 Å². The number of hydrogen-bond acceptors (Lipinski definition) is 0. The number of aromatic nitrogens is 1. The molecule has 0 saturated carbocycles. The van der Waals surface area contributed by atoms with Crippen molar-refractivity contribution in [3.8, 4) is 24.2 Å². The number of hydrogen-bond donors (Lipinski definition) is 0. The summed E-state index contributed by atoms with van der Waals surface area (Å²) in [6.07, 6.45) is 8.40. The molecule has 0 atom stereocenters. The van der Waals surface area contributed by atoms with Crippen molar-refractivity contribution in [2.75, 3.05) is 0 Å². The molecule has 2 rings (SSSR count). The summed E-state index contributed by atoms with van der Waals surface area (Å²) in [7, 11) is 0. The van der Waals surface area contributed by atoms with E-state index < -0.39 is 0 Å². The summed E-state index contributed by atoms with van der Waals surface area (Å²) in [5, 5.41) is 0. The molecule has 0 aliphatic rings. The first-order chi connectivity index (χ1) is 9.35. The fourth-order valence-electron chi connectivity index (χ4n) is 1.89. The van der Waals surface area contributed by atoms with E-state index in [2.05, 4.69) is 34.5 Å². The van der Waals surface area contributed by atoms with Gasteiger partial charge in [0.1, 0.15) is 5.56 Å². The van der Waals surface area contributed by atoms with Gasteiger partial charge in [-0.3, -0.25) is 0 Å². The van der Waals surface area contributed by atoms with Crippen molar-refractivity contribution in [1.29, 1.82) is 0 Å². The van der Waals surface area contributed by atoms with Crippen LogP contribution in [0.15, 0.2) is 48.7 Å². The zero-order valence-corrected chi connectivity index (χ0v) is 11.1. The monoisotopic (exact) mass is 246 g/mol. The molecule has 0 spiro atoms. The molecule has 0 fully saturated rings. The van der Waals surface area contributed by atoms with E-state index in [1.807, 2.05) is 43.5 Å². The maximum Gasteiger partial charge on any atom is 0.272 e. The van der Waals surface area contributed by atoms with Crippen molar-refractivity contribution in [2.24, 2.45) is 0 Å². The third-order valence-corrected chi connectivity index (χ3v) is 2.81. The van der Waals surface area contributed by atoms with Crippen LogP contribution in [0.4, 0.5) is 0 Å². The Hall–Kier alpha value is -2.51. The molecule has 1 aromatic carbocycles. The van der Waals surface area contributed by atoms with E-state index in [9.17, 15) is 0 Å². The zero-order chi connectivity index (χ0) is 13.5. The van der Waals surface area contributed by atoms with E-state index in [1.54, 1.807) is 0 Å². The summed E-state index contributed by atoms with van der Waals surface area (Å²) in [6.45, 7) is 2.82. The molecule has 0 bridgehead atoms. The van der Waals surface area contributed by atoms with Crippen molar-refractivity contribution >= 4 is 0 Å². The first kappa shape index (κ1) is 12.9. The van der Waals surface area contributed by atoms with Crippen LogP contribution >= 0.6 is 0 Å². The Morgan fingerprint density at radius 1 is 1.11 bits per heavy atom. The van der Waals surface area contributed by atoms with Crippen molar-refractivity contribution in [2.45, 2.75) is 19.9 Å².